The minimum absolute atomic E-state index is 0.666. The maximum Gasteiger partial charge on any atom is 0.218 e. The minimum atomic E-state index is 0.666. The van der Waals surface area contributed by atoms with Gasteiger partial charge in [0.25, 0.3) is 0 Å². The molecule has 1 aromatic heterocycles. The van der Waals surface area contributed by atoms with Crippen LogP contribution in [-0.2, 0) is 6.54 Å². The SMILES string of the molecule is COc1ncccc1CNc1ccc(Br)c(C)c1. The summed E-state index contributed by atoms with van der Waals surface area (Å²) in [5.41, 5.74) is 3.33. The Kier molecular flexibility index (Phi) is 4.20. The van der Waals surface area contributed by atoms with Crippen LogP contribution in [0.15, 0.2) is 41.0 Å². The summed E-state index contributed by atoms with van der Waals surface area (Å²) in [4.78, 5) is 4.17. The normalized spacial score (nSPS) is 10.2. The van der Waals surface area contributed by atoms with Crippen LogP contribution in [0, 0.1) is 6.92 Å². The third-order valence-electron chi connectivity index (χ3n) is 2.68. The van der Waals surface area contributed by atoms with Crippen LogP contribution in [0.1, 0.15) is 11.1 Å². The molecule has 0 aliphatic rings. The molecular weight excluding hydrogens is 292 g/mol. The summed E-state index contributed by atoms with van der Waals surface area (Å²) in [6, 6.07) is 10.1. The molecule has 0 saturated carbocycles. The van der Waals surface area contributed by atoms with Gasteiger partial charge in [-0.25, -0.2) is 4.98 Å². The Morgan fingerprint density at radius 3 is 2.89 bits per heavy atom. The summed E-state index contributed by atoms with van der Waals surface area (Å²) in [7, 11) is 1.63. The Morgan fingerprint density at radius 2 is 2.17 bits per heavy atom. The van der Waals surface area contributed by atoms with Crippen LogP contribution in [0.5, 0.6) is 5.88 Å². The van der Waals surface area contributed by atoms with Crippen LogP contribution in [0.2, 0.25) is 0 Å². The second-order valence-electron chi connectivity index (χ2n) is 3.99. The van der Waals surface area contributed by atoms with E-state index >= 15 is 0 Å². The minimum Gasteiger partial charge on any atom is -0.481 e. The van der Waals surface area contributed by atoms with Crippen molar-refractivity contribution in [2.45, 2.75) is 13.5 Å². The highest BCUT2D eigenvalue weighted by Crippen LogP contribution is 2.21. The van der Waals surface area contributed by atoms with Crippen LogP contribution in [-0.4, -0.2) is 12.1 Å². The molecule has 0 aliphatic carbocycles. The Labute approximate surface area is 115 Å². The fraction of sp³-hybridized carbons (Fsp3) is 0.214. The van der Waals surface area contributed by atoms with Gasteiger partial charge in [-0.2, -0.15) is 0 Å². The van der Waals surface area contributed by atoms with Crippen molar-refractivity contribution in [3.05, 3.63) is 52.1 Å². The molecule has 0 aliphatic heterocycles. The van der Waals surface area contributed by atoms with E-state index in [1.807, 2.05) is 24.3 Å². The van der Waals surface area contributed by atoms with Gasteiger partial charge in [0, 0.05) is 28.5 Å². The summed E-state index contributed by atoms with van der Waals surface area (Å²) in [6.45, 7) is 2.76. The first kappa shape index (κ1) is 12.9. The highest BCUT2D eigenvalue weighted by molar-refractivity contribution is 9.10. The van der Waals surface area contributed by atoms with Crippen LogP contribution in [0.3, 0.4) is 0 Å². The zero-order valence-corrected chi connectivity index (χ0v) is 12.0. The quantitative estimate of drug-likeness (QED) is 0.933. The van der Waals surface area contributed by atoms with Crippen molar-refractivity contribution < 1.29 is 4.74 Å². The fourth-order valence-corrected chi connectivity index (χ4v) is 1.94. The lowest BCUT2D eigenvalue weighted by Gasteiger charge is -2.10. The molecule has 0 amide bonds. The van der Waals surface area contributed by atoms with Crippen molar-refractivity contribution in [1.29, 1.82) is 0 Å². The van der Waals surface area contributed by atoms with Gasteiger partial charge in [0.1, 0.15) is 0 Å². The molecule has 2 aromatic rings. The molecule has 1 aromatic carbocycles. The average molecular weight is 307 g/mol. The standard InChI is InChI=1S/C14H15BrN2O/c1-10-8-12(5-6-13(10)15)17-9-11-4-3-7-16-14(11)18-2/h3-8,17H,9H2,1-2H3. The Bertz CT molecular complexity index is 543. The molecular formula is C14H15BrN2O. The first-order valence-electron chi connectivity index (χ1n) is 5.68. The third kappa shape index (κ3) is 3.01. The van der Waals surface area contributed by atoms with Crippen LogP contribution < -0.4 is 10.1 Å². The first-order chi connectivity index (χ1) is 8.70. The molecule has 4 heteroatoms. The number of aryl methyl sites for hydroxylation is 1. The zero-order valence-electron chi connectivity index (χ0n) is 10.4. The number of nitrogens with one attached hydrogen (secondary N) is 1. The summed E-state index contributed by atoms with van der Waals surface area (Å²) in [5.74, 6) is 0.666. The van der Waals surface area contributed by atoms with E-state index in [-0.39, 0.29) is 0 Å². The van der Waals surface area contributed by atoms with Gasteiger partial charge in [0.2, 0.25) is 5.88 Å². The topological polar surface area (TPSA) is 34.1 Å². The van der Waals surface area contributed by atoms with E-state index in [1.54, 1.807) is 13.3 Å². The van der Waals surface area contributed by atoms with Crippen molar-refractivity contribution >= 4 is 21.6 Å². The summed E-state index contributed by atoms with van der Waals surface area (Å²) >= 11 is 3.49. The lowest BCUT2D eigenvalue weighted by molar-refractivity contribution is 0.393. The molecule has 0 fully saturated rings. The molecule has 0 saturated heterocycles. The predicted molar refractivity (Wildman–Crippen MR) is 77.0 cm³/mol. The van der Waals surface area contributed by atoms with E-state index in [0.717, 1.165) is 15.7 Å². The van der Waals surface area contributed by atoms with E-state index in [2.05, 4.69) is 39.2 Å². The molecule has 94 valence electrons. The molecule has 0 spiro atoms. The van der Waals surface area contributed by atoms with Crippen molar-refractivity contribution in [1.82, 2.24) is 4.98 Å². The van der Waals surface area contributed by atoms with E-state index in [0.29, 0.717) is 12.4 Å². The monoisotopic (exact) mass is 306 g/mol. The van der Waals surface area contributed by atoms with Crippen molar-refractivity contribution in [2.75, 3.05) is 12.4 Å². The molecule has 1 heterocycles. The first-order valence-corrected chi connectivity index (χ1v) is 6.48. The number of halogens is 1. The number of pyridine rings is 1. The molecule has 1 N–H and O–H groups in total. The number of hydrogen-bond acceptors (Lipinski definition) is 3. The largest absolute Gasteiger partial charge is 0.481 e. The lowest BCUT2D eigenvalue weighted by atomic mass is 10.2. The van der Waals surface area contributed by atoms with Gasteiger partial charge >= 0.3 is 0 Å². The molecule has 3 nitrogen and oxygen atoms in total. The van der Waals surface area contributed by atoms with Crippen LogP contribution >= 0.6 is 15.9 Å². The van der Waals surface area contributed by atoms with Crippen LogP contribution in [0.4, 0.5) is 5.69 Å². The van der Waals surface area contributed by atoms with E-state index in [1.165, 1.54) is 5.56 Å². The van der Waals surface area contributed by atoms with Gasteiger partial charge < -0.3 is 10.1 Å². The second kappa shape index (κ2) is 5.87. The lowest BCUT2D eigenvalue weighted by Crippen LogP contribution is -2.02. The van der Waals surface area contributed by atoms with Crippen molar-refractivity contribution in [2.24, 2.45) is 0 Å². The molecule has 0 unspecified atom stereocenters. The number of rotatable bonds is 4. The fourth-order valence-electron chi connectivity index (χ4n) is 1.69. The van der Waals surface area contributed by atoms with Gasteiger partial charge in [0.15, 0.2) is 0 Å². The van der Waals surface area contributed by atoms with E-state index in [9.17, 15) is 0 Å². The molecule has 18 heavy (non-hydrogen) atoms. The second-order valence-corrected chi connectivity index (χ2v) is 4.84. The van der Waals surface area contributed by atoms with Crippen molar-refractivity contribution in [3.63, 3.8) is 0 Å². The molecule has 0 bridgehead atoms. The predicted octanol–water partition coefficient (Wildman–Crippen LogP) is 3.77. The van der Waals surface area contributed by atoms with Crippen LogP contribution in [0.25, 0.3) is 0 Å². The average Bonchev–Trinajstić information content (AvgIpc) is 2.40. The zero-order chi connectivity index (χ0) is 13.0. The number of nitrogens with zero attached hydrogens (tertiary/aromatic N) is 1. The summed E-state index contributed by atoms with van der Waals surface area (Å²) < 4.78 is 6.34. The highest BCUT2D eigenvalue weighted by atomic mass is 79.9. The molecule has 0 atom stereocenters. The highest BCUT2D eigenvalue weighted by Gasteiger charge is 2.03. The smallest absolute Gasteiger partial charge is 0.218 e. The Balaban J connectivity index is 2.09. The third-order valence-corrected chi connectivity index (χ3v) is 3.57. The van der Waals surface area contributed by atoms with Gasteiger partial charge in [-0.3, -0.25) is 0 Å². The van der Waals surface area contributed by atoms with Gasteiger partial charge in [-0.15, -0.1) is 0 Å². The summed E-state index contributed by atoms with van der Waals surface area (Å²) in [6.07, 6.45) is 1.73. The maximum atomic E-state index is 5.22. The van der Waals surface area contributed by atoms with Crippen molar-refractivity contribution in [3.8, 4) is 5.88 Å². The molecule has 0 radical (unpaired) electrons. The number of anilines is 1. The number of ether oxygens (including phenoxy) is 1. The number of aromatic nitrogens is 1. The Morgan fingerprint density at radius 1 is 1.33 bits per heavy atom. The number of benzene rings is 1. The maximum absolute atomic E-state index is 5.22. The Hall–Kier alpha value is -1.55. The number of methoxy groups -OCH3 is 1. The number of hydrogen-bond donors (Lipinski definition) is 1. The van der Waals surface area contributed by atoms with E-state index in [4.69, 9.17) is 4.74 Å². The van der Waals surface area contributed by atoms with E-state index < -0.39 is 0 Å². The van der Waals surface area contributed by atoms with Gasteiger partial charge in [0.05, 0.1) is 7.11 Å². The molecule has 2 rings (SSSR count). The van der Waals surface area contributed by atoms with Gasteiger partial charge in [-0.1, -0.05) is 22.0 Å². The summed E-state index contributed by atoms with van der Waals surface area (Å²) in [5, 5.41) is 3.36. The van der Waals surface area contributed by atoms with Gasteiger partial charge in [-0.05, 0) is 36.8 Å².